The number of benzene rings is 2. The van der Waals surface area contributed by atoms with Crippen molar-refractivity contribution in [1.29, 1.82) is 0 Å². The molecule has 0 unspecified atom stereocenters. The summed E-state index contributed by atoms with van der Waals surface area (Å²) in [6.45, 7) is 0.716. The minimum Gasteiger partial charge on any atom is -0.350 e. The van der Waals surface area contributed by atoms with Gasteiger partial charge in [0.15, 0.2) is 0 Å². The molecule has 27 heavy (non-hydrogen) atoms. The maximum atomic E-state index is 12.8. The van der Waals surface area contributed by atoms with Gasteiger partial charge in [0.05, 0.1) is 18.8 Å². The lowest BCUT2D eigenvalue weighted by molar-refractivity contribution is -0.128. The average Bonchev–Trinajstić information content (AvgIpc) is 2.72. The number of amides is 2. The maximum Gasteiger partial charge on any atom is 0.236 e. The summed E-state index contributed by atoms with van der Waals surface area (Å²) in [5.74, 6) is -0.566. The van der Waals surface area contributed by atoms with Gasteiger partial charge in [0.2, 0.25) is 11.8 Å². The van der Waals surface area contributed by atoms with E-state index in [0.29, 0.717) is 13.1 Å². The first-order valence-electron chi connectivity index (χ1n) is 8.78. The Bertz CT molecular complexity index is 868. The van der Waals surface area contributed by atoms with Crippen LogP contribution in [0.3, 0.4) is 0 Å². The van der Waals surface area contributed by atoms with Gasteiger partial charge >= 0.3 is 0 Å². The topological polar surface area (TPSA) is 62.3 Å². The number of hydrogen-bond donors (Lipinski definition) is 1. The van der Waals surface area contributed by atoms with Crippen molar-refractivity contribution in [3.05, 3.63) is 96.3 Å². The van der Waals surface area contributed by atoms with Crippen molar-refractivity contribution < 1.29 is 9.59 Å². The van der Waals surface area contributed by atoms with Crippen molar-refractivity contribution in [3.8, 4) is 0 Å². The fourth-order valence-corrected chi connectivity index (χ4v) is 2.68. The Morgan fingerprint density at radius 2 is 1.52 bits per heavy atom. The predicted octanol–water partition coefficient (Wildman–Crippen LogP) is 3.32. The molecule has 0 aliphatic heterocycles. The van der Waals surface area contributed by atoms with E-state index >= 15 is 0 Å². The Hall–Kier alpha value is -3.47. The molecule has 0 saturated heterocycles. The van der Waals surface area contributed by atoms with Gasteiger partial charge in [-0.3, -0.25) is 14.6 Å². The van der Waals surface area contributed by atoms with Gasteiger partial charge in [0.25, 0.3) is 0 Å². The summed E-state index contributed by atoms with van der Waals surface area (Å²) < 4.78 is 0. The number of aromatic nitrogens is 1. The fourth-order valence-electron chi connectivity index (χ4n) is 2.68. The van der Waals surface area contributed by atoms with Gasteiger partial charge in [-0.1, -0.05) is 54.6 Å². The normalized spacial score (nSPS) is 10.2. The van der Waals surface area contributed by atoms with Crippen LogP contribution in [0.5, 0.6) is 0 Å². The molecule has 0 aliphatic carbocycles. The van der Waals surface area contributed by atoms with Crippen molar-refractivity contribution in [2.45, 2.75) is 19.5 Å². The Kier molecular flexibility index (Phi) is 6.30. The minimum atomic E-state index is -0.320. The summed E-state index contributed by atoms with van der Waals surface area (Å²) in [5.41, 5.74) is 2.52. The van der Waals surface area contributed by atoms with Crippen LogP contribution in [0, 0.1) is 0 Å². The zero-order valence-corrected chi connectivity index (χ0v) is 14.9. The van der Waals surface area contributed by atoms with E-state index in [4.69, 9.17) is 0 Å². The molecule has 3 aromatic rings. The van der Waals surface area contributed by atoms with Crippen LogP contribution in [-0.4, -0.2) is 16.8 Å². The summed E-state index contributed by atoms with van der Waals surface area (Å²) in [7, 11) is 0. The van der Waals surface area contributed by atoms with E-state index < -0.39 is 0 Å². The van der Waals surface area contributed by atoms with Crippen molar-refractivity contribution in [1.82, 2.24) is 10.3 Å². The zero-order chi connectivity index (χ0) is 18.9. The highest BCUT2D eigenvalue weighted by atomic mass is 16.2. The molecule has 0 fully saturated rings. The molecule has 5 nitrogen and oxygen atoms in total. The monoisotopic (exact) mass is 359 g/mol. The van der Waals surface area contributed by atoms with Crippen LogP contribution in [-0.2, 0) is 22.7 Å². The molecular weight excluding hydrogens is 338 g/mol. The van der Waals surface area contributed by atoms with Crippen LogP contribution in [0.1, 0.15) is 17.7 Å². The largest absolute Gasteiger partial charge is 0.350 e. The lowest BCUT2D eigenvalue weighted by Crippen LogP contribution is -2.35. The first-order valence-corrected chi connectivity index (χ1v) is 8.78. The molecule has 1 N–H and O–H groups in total. The Labute approximate surface area is 158 Å². The number of nitrogens with one attached hydrogen (secondary N) is 1. The van der Waals surface area contributed by atoms with Crippen LogP contribution < -0.4 is 10.2 Å². The van der Waals surface area contributed by atoms with Crippen LogP contribution >= 0.6 is 0 Å². The van der Waals surface area contributed by atoms with Gasteiger partial charge in [-0.15, -0.1) is 0 Å². The molecule has 2 amide bonds. The van der Waals surface area contributed by atoms with Crippen molar-refractivity contribution >= 4 is 17.5 Å². The molecule has 5 heteroatoms. The number of carbonyl (C=O) groups is 2. The Morgan fingerprint density at radius 1 is 0.852 bits per heavy atom. The molecule has 0 spiro atoms. The van der Waals surface area contributed by atoms with Crippen LogP contribution in [0.2, 0.25) is 0 Å². The van der Waals surface area contributed by atoms with Crippen LogP contribution in [0.15, 0.2) is 85.1 Å². The first-order chi connectivity index (χ1) is 13.2. The van der Waals surface area contributed by atoms with E-state index in [1.54, 1.807) is 11.1 Å². The highest BCUT2D eigenvalue weighted by Gasteiger charge is 2.19. The van der Waals surface area contributed by atoms with Gasteiger partial charge in [-0.2, -0.15) is 0 Å². The molecule has 0 radical (unpaired) electrons. The number of hydrogen-bond acceptors (Lipinski definition) is 3. The highest BCUT2D eigenvalue weighted by molar-refractivity contribution is 6.04. The molecule has 3 rings (SSSR count). The van der Waals surface area contributed by atoms with Gasteiger partial charge < -0.3 is 10.2 Å². The molecule has 136 valence electrons. The third-order valence-corrected chi connectivity index (χ3v) is 4.06. The fraction of sp³-hybridized carbons (Fsp3) is 0.136. The predicted molar refractivity (Wildman–Crippen MR) is 105 cm³/mol. The van der Waals surface area contributed by atoms with E-state index in [1.165, 1.54) is 0 Å². The van der Waals surface area contributed by atoms with E-state index in [2.05, 4.69) is 10.3 Å². The Morgan fingerprint density at radius 3 is 2.19 bits per heavy atom. The number of carbonyl (C=O) groups excluding carboxylic acids is 2. The van der Waals surface area contributed by atoms with Crippen molar-refractivity contribution in [2.24, 2.45) is 0 Å². The first kappa shape index (κ1) is 18.3. The third-order valence-electron chi connectivity index (χ3n) is 4.06. The number of para-hydroxylation sites is 1. The maximum absolute atomic E-state index is 12.8. The summed E-state index contributed by atoms with van der Waals surface area (Å²) >= 11 is 0. The summed E-state index contributed by atoms with van der Waals surface area (Å²) in [6.07, 6.45) is 1.46. The summed E-state index contributed by atoms with van der Waals surface area (Å²) in [4.78, 5) is 30.8. The highest BCUT2D eigenvalue weighted by Crippen LogP contribution is 2.18. The molecule has 2 aromatic carbocycles. The van der Waals surface area contributed by atoms with E-state index in [9.17, 15) is 9.59 Å². The van der Waals surface area contributed by atoms with Gasteiger partial charge in [0.1, 0.15) is 6.42 Å². The smallest absolute Gasteiger partial charge is 0.236 e. The molecule has 0 atom stereocenters. The third kappa shape index (κ3) is 5.51. The second kappa shape index (κ2) is 9.29. The van der Waals surface area contributed by atoms with Crippen LogP contribution in [0.25, 0.3) is 0 Å². The lowest BCUT2D eigenvalue weighted by Gasteiger charge is -2.23. The Balaban J connectivity index is 1.66. The summed E-state index contributed by atoms with van der Waals surface area (Å²) in [5, 5.41) is 2.75. The SMILES string of the molecule is O=C(CC(=O)N(Cc1ccccc1)c1ccccc1)NCc1ccccn1. The van der Waals surface area contributed by atoms with E-state index in [-0.39, 0.29) is 18.2 Å². The molecule has 0 aliphatic rings. The van der Waals surface area contributed by atoms with Gasteiger partial charge in [-0.05, 0) is 29.8 Å². The van der Waals surface area contributed by atoms with Crippen molar-refractivity contribution in [2.75, 3.05) is 4.90 Å². The number of pyridine rings is 1. The number of nitrogens with zero attached hydrogens (tertiary/aromatic N) is 2. The molecular formula is C22H21N3O2. The molecule has 1 aromatic heterocycles. The second-order valence-electron chi connectivity index (χ2n) is 6.08. The molecule has 1 heterocycles. The average molecular weight is 359 g/mol. The van der Waals surface area contributed by atoms with Crippen LogP contribution in [0.4, 0.5) is 5.69 Å². The number of rotatable bonds is 7. The van der Waals surface area contributed by atoms with E-state index in [0.717, 1.165) is 16.9 Å². The second-order valence-corrected chi connectivity index (χ2v) is 6.08. The zero-order valence-electron chi connectivity index (χ0n) is 14.9. The molecule has 0 saturated carbocycles. The lowest BCUT2D eigenvalue weighted by atomic mass is 10.1. The minimum absolute atomic E-state index is 0.214. The van der Waals surface area contributed by atoms with Gasteiger partial charge in [0, 0.05) is 11.9 Å². The van der Waals surface area contributed by atoms with Gasteiger partial charge in [-0.25, -0.2) is 0 Å². The summed E-state index contributed by atoms with van der Waals surface area (Å²) in [6, 6.07) is 24.6. The quantitative estimate of drug-likeness (QED) is 0.658. The number of anilines is 1. The molecule has 0 bridgehead atoms. The van der Waals surface area contributed by atoms with Crippen molar-refractivity contribution in [3.63, 3.8) is 0 Å². The van der Waals surface area contributed by atoms with E-state index in [1.807, 2.05) is 78.9 Å². The standard InChI is InChI=1S/C22H21N3O2/c26-21(24-16-19-11-7-8-14-23-19)15-22(27)25(20-12-5-2-6-13-20)17-18-9-3-1-4-10-18/h1-14H,15-17H2,(H,24,26).